The standard InChI is InChI=1S/C16H22N4/c1-3-4-10-17-15-6-5-7-16-18-14(19-20(15)16)11-12(2)13-8-9-13/h5-7,13,17H,2-4,8-11H2,1H3. The van der Waals surface area contributed by atoms with Gasteiger partial charge in [0.25, 0.3) is 0 Å². The van der Waals surface area contributed by atoms with Gasteiger partial charge in [-0.2, -0.15) is 4.52 Å². The summed E-state index contributed by atoms with van der Waals surface area (Å²) < 4.78 is 1.91. The van der Waals surface area contributed by atoms with Crippen LogP contribution in [-0.2, 0) is 6.42 Å². The number of hydrogen-bond acceptors (Lipinski definition) is 3. The molecule has 0 aliphatic heterocycles. The summed E-state index contributed by atoms with van der Waals surface area (Å²) in [7, 11) is 0. The van der Waals surface area contributed by atoms with E-state index in [4.69, 9.17) is 0 Å². The molecule has 2 aromatic heterocycles. The molecule has 1 aliphatic carbocycles. The minimum absolute atomic E-state index is 0.712. The quantitative estimate of drug-likeness (QED) is 0.619. The molecule has 1 saturated carbocycles. The van der Waals surface area contributed by atoms with Crippen LogP contribution in [0.5, 0.6) is 0 Å². The Morgan fingerprint density at radius 2 is 2.30 bits per heavy atom. The van der Waals surface area contributed by atoms with E-state index < -0.39 is 0 Å². The minimum atomic E-state index is 0.712. The van der Waals surface area contributed by atoms with Crippen LogP contribution in [0.25, 0.3) is 5.65 Å². The fourth-order valence-corrected chi connectivity index (χ4v) is 2.39. The molecule has 1 N–H and O–H groups in total. The number of rotatable bonds is 7. The van der Waals surface area contributed by atoms with Crippen molar-refractivity contribution >= 4 is 11.5 Å². The summed E-state index contributed by atoms with van der Waals surface area (Å²) in [6.45, 7) is 7.33. The lowest BCUT2D eigenvalue weighted by Gasteiger charge is -2.06. The molecule has 3 rings (SSSR count). The number of nitrogens with zero attached hydrogens (tertiary/aromatic N) is 3. The number of aromatic nitrogens is 3. The van der Waals surface area contributed by atoms with Gasteiger partial charge in [-0.05, 0) is 37.3 Å². The lowest BCUT2D eigenvalue weighted by Crippen LogP contribution is -2.06. The maximum atomic E-state index is 4.62. The van der Waals surface area contributed by atoms with E-state index >= 15 is 0 Å². The summed E-state index contributed by atoms with van der Waals surface area (Å²) in [5.41, 5.74) is 2.19. The third-order valence-electron chi connectivity index (χ3n) is 3.78. The first kappa shape index (κ1) is 13.2. The highest BCUT2D eigenvalue weighted by Gasteiger charge is 2.25. The molecule has 0 aromatic carbocycles. The molecule has 2 aromatic rings. The van der Waals surface area contributed by atoms with Crippen molar-refractivity contribution in [1.29, 1.82) is 0 Å². The number of nitrogens with one attached hydrogen (secondary N) is 1. The van der Waals surface area contributed by atoms with Crippen LogP contribution < -0.4 is 5.32 Å². The largest absolute Gasteiger partial charge is 0.370 e. The first-order valence-electron chi connectivity index (χ1n) is 7.54. The number of hydrogen-bond donors (Lipinski definition) is 1. The number of pyridine rings is 1. The van der Waals surface area contributed by atoms with Crippen molar-refractivity contribution < 1.29 is 0 Å². The van der Waals surface area contributed by atoms with Crippen LogP contribution in [0.3, 0.4) is 0 Å². The molecule has 0 amide bonds. The molecular formula is C16H22N4. The first-order valence-corrected chi connectivity index (χ1v) is 7.54. The predicted molar refractivity (Wildman–Crippen MR) is 82.0 cm³/mol. The van der Waals surface area contributed by atoms with Crippen LogP contribution >= 0.6 is 0 Å². The van der Waals surface area contributed by atoms with Gasteiger partial charge >= 0.3 is 0 Å². The van der Waals surface area contributed by atoms with Crippen LogP contribution in [-0.4, -0.2) is 21.1 Å². The topological polar surface area (TPSA) is 42.2 Å². The summed E-state index contributed by atoms with van der Waals surface area (Å²) in [4.78, 5) is 4.60. The Balaban J connectivity index is 1.78. The summed E-state index contributed by atoms with van der Waals surface area (Å²) in [6, 6.07) is 6.08. The maximum Gasteiger partial charge on any atom is 0.158 e. The van der Waals surface area contributed by atoms with Crippen molar-refractivity contribution in [1.82, 2.24) is 14.6 Å². The Labute approximate surface area is 119 Å². The predicted octanol–water partition coefficient (Wildman–Crippen LogP) is 3.45. The number of unbranched alkanes of at least 4 members (excludes halogenated alkanes) is 1. The van der Waals surface area contributed by atoms with Gasteiger partial charge in [-0.1, -0.05) is 31.6 Å². The van der Waals surface area contributed by atoms with E-state index in [-0.39, 0.29) is 0 Å². The molecule has 20 heavy (non-hydrogen) atoms. The van der Waals surface area contributed by atoms with E-state index in [2.05, 4.69) is 35.0 Å². The molecule has 0 radical (unpaired) electrons. The van der Waals surface area contributed by atoms with Crippen molar-refractivity contribution in [2.75, 3.05) is 11.9 Å². The summed E-state index contributed by atoms with van der Waals surface area (Å²) in [5, 5.41) is 8.05. The van der Waals surface area contributed by atoms with Crippen molar-refractivity contribution in [2.45, 2.75) is 39.0 Å². The molecule has 1 fully saturated rings. The van der Waals surface area contributed by atoms with E-state index in [9.17, 15) is 0 Å². The number of anilines is 1. The van der Waals surface area contributed by atoms with Crippen molar-refractivity contribution in [2.24, 2.45) is 5.92 Å². The molecule has 2 heterocycles. The van der Waals surface area contributed by atoms with Crippen LogP contribution in [0.15, 0.2) is 30.4 Å². The average Bonchev–Trinajstić information content (AvgIpc) is 3.20. The second-order valence-electron chi connectivity index (χ2n) is 5.60. The normalized spacial score (nSPS) is 14.7. The molecular weight excluding hydrogens is 248 g/mol. The van der Waals surface area contributed by atoms with Crippen molar-refractivity contribution in [3.8, 4) is 0 Å². The minimum Gasteiger partial charge on any atom is -0.370 e. The van der Waals surface area contributed by atoms with Gasteiger partial charge in [-0.25, -0.2) is 4.98 Å². The van der Waals surface area contributed by atoms with Gasteiger partial charge in [0.15, 0.2) is 11.5 Å². The molecule has 4 heteroatoms. The molecule has 106 valence electrons. The second kappa shape index (κ2) is 5.65. The highest BCUT2D eigenvalue weighted by Crippen LogP contribution is 2.36. The van der Waals surface area contributed by atoms with Gasteiger partial charge < -0.3 is 5.32 Å². The number of fused-ring (bicyclic) bond motifs is 1. The van der Waals surface area contributed by atoms with Crippen LogP contribution in [0.1, 0.15) is 38.4 Å². The van der Waals surface area contributed by atoms with Crippen LogP contribution in [0.4, 0.5) is 5.82 Å². The Bertz CT molecular complexity index is 610. The smallest absolute Gasteiger partial charge is 0.158 e. The lowest BCUT2D eigenvalue weighted by atomic mass is 10.1. The zero-order valence-electron chi connectivity index (χ0n) is 12.1. The van der Waals surface area contributed by atoms with Gasteiger partial charge in [-0.15, -0.1) is 5.10 Å². The molecule has 0 unspecified atom stereocenters. The summed E-state index contributed by atoms with van der Waals surface area (Å²) in [5.74, 6) is 2.61. The number of allylic oxidation sites excluding steroid dienone is 1. The molecule has 1 aliphatic rings. The van der Waals surface area contributed by atoms with E-state index in [1.54, 1.807) is 0 Å². The zero-order chi connectivity index (χ0) is 13.9. The first-order chi connectivity index (χ1) is 9.78. The molecule has 0 saturated heterocycles. The van der Waals surface area contributed by atoms with Crippen LogP contribution in [0.2, 0.25) is 0 Å². The SMILES string of the molecule is C=C(Cc1nc2cccc(NCCCC)n2n1)C1CC1. The lowest BCUT2D eigenvalue weighted by molar-refractivity contribution is 0.815. The Morgan fingerprint density at radius 3 is 3.05 bits per heavy atom. The fourth-order valence-electron chi connectivity index (χ4n) is 2.39. The van der Waals surface area contributed by atoms with E-state index in [1.807, 2.05) is 16.6 Å². The molecule has 0 atom stereocenters. The summed E-state index contributed by atoms with van der Waals surface area (Å²) in [6.07, 6.45) is 5.73. The molecule has 0 spiro atoms. The summed E-state index contributed by atoms with van der Waals surface area (Å²) >= 11 is 0. The highest BCUT2D eigenvalue weighted by molar-refractivity contribution is 5.48. The van der Waals surface area contributed by atoms with Crippen molar-refractivity contribution in [3.63, 3.8) is 0 Å². The zero-order valence-corrected chi connectivity index (χ0v) is 12.1. The van der Waals surface area contributed by atoms with Gasteiger partial charge in [0.1, 0.15) is 5.82 Å². The average molecular weight is 270 g/mol. The van der Waals surface area contributed by atoms with Gasteiger partial charge in [0.2, 0.25) is 0 Å². The van der Waals surface area contributed by atoms with E-state index in [1.165, 1.54) is 24.8 Å². The van der Waals surface area contributed by atoms with Gasteiger partial charge in [0, 0.05) is 13.0 Å². The highest BCUT2D eigenvalue weighted by atomic mass is 15.3. The van der Waals surface area contributed by atoms with Crippen LogP contribution in [0, 0.1) is 5.92 Å². The second-order valence-corrected chi connectivity index (χ2v) is 5.60. The molecule has 4 nitrogen and oxygen atoms in total. The van der Waals surface area contributed by atoms with Gasteiger partial charge in [0.05, 0.1) is 0 Å². The van der Waals surface area contributed by atoms with E-state index in [0.29, 0.717) is 5.92 Å². The maximum absolute atomic E-state index is 4.62. The third-order valence-corrected chi connectivity index (χ3v) is 3.78. The Hall–Kier alpha value is -1.84. The Kier molecular flexibility index (Phi) is 3.72. The van der Waals surface area contributed by atoms with E-state index in [0.717, 1.165) is 36.7 Å². The fraction of sp³-hybridized carbons (Fsp3) is 0.500. The van der Waals surface area contributed by atoms with Gasteiger partial charge in [-0.3, -0.25) is 0 Å². The molecule has 0 bridgehead atoms. The third kappa shape index (κ3) is 2.84. The monoisotopic (exact) mass is 270 g/mol. The van der Waals surface area contributed by atoms with Crippen molar-refractivity contribution in [3.05, 3.63) is 36.2 Å². The Morgan fingerprint density at radius 1 is 1.45 bits per heavy atom.